The molecule has 2 N–H and O–H groups in total. The zero-order valence-corrected chi connectivity index (χ0v) is 13.0. The van der Waals surface area contributed by atoms with Gasteiger partial charge in [-0.3, -0.25) is 4.79 Å². The molecular weight excluding hydrogens is 312 g/mol. The van der Waals surface area contributed by atoms with E-state index in [0.29, 0.717) is 31.1 Å². The molecule has 1 aliphatic rings. The summed E-state index contributed by atoms with van der Waals surface area (Å²) in [5, 5.41) is 5.89. The molecule has 2 aromatic heterocycles. The molecule has 0 spiro atoms. The van der Waals surface area contributed by atoms with Crippen LogP contribution in [0.4, 0.5) is 0 Å². The van der Waals surface area contributed by atoms with Gasteiger partial charge in [-0.15, -0.1) is 23.7 Å². The van der Waals surface area contributed by atoms with Gasteiger partial charge in [0.15, 0.2) is 0 Å². The standard InChI is InChI=1S/C13H16N4O2S.ClH/c14-9-5-6-17(8-9)12(18)4-3-11-15-13(16-19-11)10-2-1-7-20-10;/h1-2,7,9H,3-6,8,14H2;1H/t9-;/m1./s1. The number of hydrogen-bond acceptors (Lipinski definition) is 6. The average molecular weight is 329 g/mol. The molecule has 0 bridgehead atoms. The van der Waals surface area contributed by atoms with Crippen LogP contribution in [0, 0.1) is 0 Å². The second kappa shape index (κ2) is 7.02. The van der Waals surface area contributed by atoms with Gasteiger partial charge in [0.25, 0.3) is 0 Å². The van der Waals surface area contributed by atoms with Crippen LogP contribution in [0.5, 0.6) is 0 Å². The molecule has 3 heterocycles. The first-order valence-electron chi connectivity index (χ1n) is 6.62. The van der Waals surface area contributed by atoms with Crippen molar-refractivity contribution in [3.05, 3.63) is 23.4 Å². The van der Waals surface area contributed by atoms with Crippen molar-refractivity contribution in [3.8, 4) is 10.7 Å². The van der Waals surface area contributed by atoms with Crippen LogP contribution in [-0.4, -0.2) is 40.1 Å². The van der Waals surface area contributed by atoms with Gasteiger partial charge in [-0.05, 0) is 17.9 Å². The molecular formula is C13H17ClN4O2S. The van der Waals surface area contributed by atoms with E-state index in [-0.39, 0.29) is 24.4 Å². The van der Waals surface area contributed by atoms with Gasteiger partial charge in [-0.1, -0.05) is 11.2 Å². The Bertz CT molecular complexity index is 587. The van der Waals surface area contributed by atoms with Crippen LogP contribution < -0.4 is 5.73 Å². The summed E-state index contributed by atoms with van der Waals surface area (Å²) in [5.74, 6) is 1.20. The number of nitrogens with two attached hydrogens (primary N) is 1. The molecule has 1 amide bonds. The van der Waals surface area contributed by atoms with Crippen LogP contribution in [0.25, 0.3) is 10.7 Å². The molecule has 3 rings (SSSR count). The highest BCUT2D eigenvalue weighted by Gasteiger charge is 2.23. The molecule has 1 atom stereocenters. The molecule has 1 aliphatic heterocycles. The Morgan fingerprint density at radius 3 is 3.10 bits per heavy atom. The minimum Gasteiger partial charge on any atom is -0.341 e. The summed E-state index contributed by atoms with van der Waals surface area (Å²) in [6, 6.07) is 4.00. The third kappa shape index (κ3) is 3.81. The fraction of sp³-hybridized carbons (Fsp3) is 0.462. The zero-order valence-electron chi connectivity index (χ0n) is 11.4. The van der Waals surface area contributed by atoms with Crippen LogP contribution >= 0.6 is 23.7 Å². The number of aryl methyl sites for hydroxylation is 1. The van der Waals surface area contributed by atoms with Crippen molar-refractivity contribution in [3.63, 3.8) is 0 Å². The summed E-state index contributed by atoms with van der Waals surface area (Å²) in [6.07, 6.45) is 1.75. The molecule has 0 aliphatic carbocycles. The Morgan fingerprint density at radius 1 is 1.57 bits per heavy atom. The maximum Gasteiger partial charge on any atom is 0.227 e. The lowest BCUT2D eigenvalue weighted by Gasteiger charge is -2.14. The first-order chi connectivity index (χ1) is 9.72. The van der Waals surface area contributed by atoms with Gasteiger partial charge in [0, 0.05) is 32.0 Å². The Morgan fingerprint density at radius 2 is 2.43 bits per heavy atom. The van der Waals surface area contributed by atoms with Gasteiger partial charge in [0.1, 0.15) is 0 Å². The maximum absolute atomic E-state index is 12.0. The van der Waals surface area contributed by atoms with Crippen LogP contribution in [0.2, 0.25) is 0 Å². The average Bonchev–Trinajstić information content (AvgIpc) is 3.16. The van der Waals surface area contributed by atoms with E-state index in [2.05, 4.69) is 10.1 Å². The molecule has 2 aromatic rings. The van der Waals surface area contributed by atoms with E-state index in [4.69, 9.17) is 10.3 Å². The number of amides is 1. The van der Waals surface area contributed by atoms with Crippen LogP contribution in [0.15, 0.2) is 22.0 Å². The fourth-order valence-corrected chi connectivity index (χ4v) is 2.90. The molecule has 1 fully saturated rings. The van der Waals surface area contributed by atoms with Gasteiger partial charge in [-0.2, -0.15) is 4.98 Å². The van der Waals surface area contributed by atoms with Crippen LogP contribution in [0.3, 0.4) is 0 Å². The normalized spacial score (nSPS) is 17.8. The molecule has 0 unspecified atom stereocenters. The maximum atomic E-state index is 12.0. The van der Waals surface area contributed by atoms with Crippen LogP contribution in [0.1, 0.15) is 18.7 Å². The van der Waals surface area contributed by atoms with Gasteiger partial charge < -0.3 is 15.2 Å². The third-order valence-corrected chi connectivity index (χ3v) is 4.21. The Kier molecular flexibility index (Phi) is 5.33. The highest BCUT2D eigenvalue weighted by Crippen LogP contribution is 2.21. The van der Waals surface area contributed by atoms with E-state index in [0.717, 1.165) is 17.8 Å². The molecule has 6 nitrogen and oxygen atoms in total. The monoisotopic (exact) mass is 328 g/mol. The van der Waals surface area contributed by atoms with Crippen molar-refractivity contribution in [1.29, 1.82) is 0 Å². The Balaban J connectivity index is 0.00000161. The SMILES string of the molecule is Cl.N[C@@H]1CCN(C(=O)CCc2nc(-c3cccs3)no2)C1. The number of aromatic nitrogens is 2. The predicted octanol–water partition coefficient (Wildman–Crippen LogP) is 1.71. The van der Waals surface area contributed by atoms with E-state index in [1.165, 1.54) is 0 Å². The number of hydrogen-bond donors (Lipinski definition) is 1. The highest BCUT2D eigenvalue weighted by atomic mass is 35.5. The molecule has 0 aromatic carbocycles. The van der Waals surface area contributed by atoms with Gasteiger partial charge >= 0.3 is 0 Å². The minimum atomic E-state index is 0. The second-order valence-electron chi connectivity index (χ2n) is 4.88. The van der Waals surface area contributed by atoms with Crippen molar-refractivity contribution in [1.82, 2.24) is 15.0 Å². The summed E-state index contributed by atoms with van der Waals surface area (Å²) in [6.45, 7) is 1.41. The number of rotatable bonds is 4. The number of thiophene rings is 1. The van der Waals surface area contributed by atoms with Crippen molar-refractivity contribution in [2.24, 2.45) is 5.73 Å². The molecule has 114 valence electrons. The topological polar surface area (TPSA) is 85.2 Å². The Labute approximate surface area is 132 Å². The summed E-state index contributed by atoms with van der Waals surface area (Å²) < 4.78 is 5.17. The zero-order chi connectivity index (χ0) is 13.9. The first kappa shape index (κ1) is 15.9. The molecule has 0 radical (unpaired) electrons. The van der Waals surface area contributed by atoms with E-state index in [1.807, 2.05) is 17.5 Å². The van der Waals surface area contributed by atoms with E-state index in [9.17, 15) is 4.79 Å². The van der Waals surface area contributed by atoms with Gasteiger partial charge in [-0.25, -0.2) is 0 Å². The van der Waals surface area contributed by atoms with E-state index < -0.39 is 0 Å². The number of carbonyl (C=O) groups is 1. The molecule has 8 heteroatoms. The fourth-order valence-electron chi connectivity index (χ4n) is 2.25. The van der Waals surface area contributed by atoms with Crippen LogP contribution in [-0.2, 0) is 11.2 Å². The number of halogens is 1. The molecule has 21 heavy (non-hydrogen) atoms. The lowest BCUT2D eigenvalue weighted by atomic mass is 10.3. The lowest BCUT2D eigenvalue weighted by molar-refractivity contribution is -0.130. The summed E-state index contributed by atoms with van der Waals surface area (Å²) in [4.78, 5) is 19.1. The number of nitrogens with zero attached hydrogens (tertiary/aromatic N) is 3. The van der Waals surface area contributed by atoms with Crippen molar-refractivity contribution in [2.45, 2.75) is 25.3 Å². The largest absolute Gasteiger partial charge is 0.341 e. The third-order valence-electron chi connectivity index (χ3n) is 3.34. The smallest absolute Gasteiger partial charge is 0.227 e. The van der Waals surface area contributed by atoms with Crippen molar-refractivity contribution in [2.75, 3.05) is 13.1 Å². The quantitative estimate of drug-likeness (QED) is 0.923. The molecule has 0 saturated carbocycles. The minimum absolute atomic E-state index is 0. The first-order valence-corrected chi connectivity index (χ1v) is 7.50. The summed E-state index contributed by atoms with van der Waals surface area (Å²) in [5.41, 5.74) is 5.79. The van der Waals surface area contributed by atoms with Crippen molar-refractivity contribution >= 4 is 29.7 Å². The van der Waals surface area contributed by atoms with Gasteiger partial charge in [0.05, 0.1) is 4.88 Å². The second-order valence-corrected chi connectivity index (χ2v) is 5.83. The molecule has 1 saturated heterocycles. The van der Waals surface area contributed by atoms with E-state index in [1.54, 1.807) is 16.2 Å². The van der Waals surface area contributed by atoms with Crippen molar-refractivity contribution < 1.29 is 9.32 Å². The van der Waals surface area contributed by atoms with E-state index >= 15 is 0 Å². The predicted molar refractivity (Wildman–Crippen MR) is 82.4 cm³/mol. The Hall–Kier alpha value is -1.44. The number of likely N-dealkylation sites (tertiary alicyclic amines) is 1. The highest BCUT2D eigenvalue weighted by molar-refractivity contribution is 7.13. The number of carbonyl (C=O) groups excluding carboxylic acids is 1. The summed E-state index contributed by atoms with van der Waals surface area (Å²) >= 11 is 1.56. The lowest BCUT2D eigenvalue weighted by Crippen LogP contribution is -2.31. The van der Waals surface area contributed by atoms with Gasteiger partial charge in [0.2, 0.25) is 17.6 Å². The summed E-state index contributed by atoms with van der Waals surface area (Å²) in [7, 11) is 0.